The molecule has 1 heterocycles. The van der Waals surface area contributed by atoms with Crippen LogP contribution < -0.4 is 5.56 Å². The predicted octanol–water partition coefficient (Wildman–Crippen LogP) is 1.82. The molecule has 0 atom stereocenters. The summed E-state index contributed by atoms with van der Waals surface area (Å²) in [6.45, 7) is 0. The van der Waals surface area contributed by atoms with Crippen molar-refractivity contribution in [3.63, 3.8) is 0 Å². The standard InChI is InChI=1S/C13H11NO2/c1-3-7-11-12(16-14(2)13(11)15)10-8-5-4-6-9-10/h1,4-6,8-9H,7H2,2H3. The van der Waals surface area contributed by atoms with Crippen LogP contribution in [0.2, 0.25) is 0 Å². The van der Waals surface area contributed by atoms with Gasteiger partial charge < -0.3 is 4.52 Å². The molecule has 1 aromatic heterocycles. The maximum atomic E-state index is 11.7. The van der Waals surface area contributed by atoms with Crippen LogP contribution in [0, 0.1) is 12.3 Å². The molecule has 0 aliphatic heterocycles. The first-order valence-electron chi connectivity index (χ1n) is 4.92. The number of rotatable bonds is 2. The Balaban J connectivity index is 2.62. The highest BCUT2D eigenvalue weighted by Crippen LogP contribution is 2.21. The van der Waals surface area contributed by atoms with Crippen LogP contribution in [0.1, 0.15) is 5.56 Å². The van der Waals surface area contributed by atoms with Crippen LogP contribution in [0.4, 0.5) is 0 Å². The molecule has 2 rings (SSSR count). The zero-order valence-electron chi connectivity index (χ0n) is 8.93. The first-order valence-corrected chi connectivity index (χ1v) is 4.92. The molecule has 0 aliphatic carbocycles. The van der Waals surface area contributed by atoms with Gasteiger partial charge in [0, 0.05) is 19.0 Å². The van der Waals surface area contributed by atoms with Gasteiger partial charge in [-0.2, -0.15) is 4.74 Å². The summed E-state index contributed by atoms with van der Waals surface area (Å²) in [5, 5.41) is 0. The van der Waals surface area contributed by atoms with Gasteiger partial charge in [-0.25, -0.2) is 0 Å². The smallest absolute Gasteiger partial charge is 0.286 e. The minimum atomic E-state index is -0.170. The minimum Gasteiger partial charge on any atom is -0.376 e. The van der Waals surface area contributed by atoms with E-state index >= 15 is 0 Å². The molecule has 0 radical (unpaired) electrons. The number of aryl methyl sites for hydroxylation is 1. The molecular formula is C13H11NO2. The van der Waals surface area contributed by atoms with Crippen molar-refractivity contribution in [3.8, 4) is 23.7 Å². The number of terminal acetylenes is 1. The summed E-state index contributed by atoms with van der Waals surface area (Å²) in [5.74, 6) is 3.04. The fraction of sp³-hybridized carbons (Fsp3) is 0.154. The lowest BCUT2D eigenvalue weighted by atomic mass is 10.1. The zero-order valence-corrected chi connectivity index (χ0v) is 8.93. The number of hydrogen-bond donors (Lipinski definition) is 0. The molecule has 0 saturated heterocycles. The van der Waals surface area contributed by atoms with E-state index in [1.54, 1.807) is 7.05 Å². The second-order valence-electron chi connectivity index (χ2n) is 3.45. The van der Waals surface area contributed by atoms with Gasteiger partial charge in [-0.05, 0) is 0 Å². The Morgan fingerprint density at radius 1 is 1.38 bits per heavy atom. The summed E-state index contributed by atoms with van der Waals surface area (Å²) < 4.78 is 6.60. The van der Waals surface area contributed by atoms with Crippen molar-refractivity contribution in [3.05, 3.63) is 46.2 Å². The van der Waals surface area contributed by atoms with Crippen LogP contribution in [0.15, 0.2) is 39.6 Å². The van der Waals surface area contributed by atoms with E-state index in [1.807, 2.05) is 30.3 Å². The van der Waals surface area contributed by atoms with E-state index in [4.69, 9.17) is 10.9 Å². The molecule has 0 saturated carbocycles. The van der Waals surface area contributed by atoms with Gasteiger partial charge in [0.25, 0.3) is 5.56 Å². The van der Waals surface area contributed by atoms with E-state index in [2.05, 4.69) is 5.92 Å². The molecule has 0 unspecified atom stereocenters. The Morgan fingerprint density at radius 2 is 2.06 bits per heavy atom. The van der Waals surface area contributed by atoms with Crippen LogP contribution in [0.5, 0.6) is 0 Å². The minimum absolute atomic E-state index is 0.170. The quantitative estimate of drug-likeness (QED) is 0.713. The molecule has 0 N–H and O–H groups in total. The first-order chi connectivity index (χ1) is 7.74. The number of aromatic nitrogens is 1. The Labute approximate surface area is 93.3 Å². The second kappa shape index (κ2) is 4.11. The van der Waals surface area contributed by atoms with Gasteiger partial charge in [-0.1, -0.05) is 30.3 Å². The van der Waals surface area contributed by atoms with Gasteiger partial charge in [0.2, 0.25) is 0 Å². The van der Waals surface area contributed by atoms with Gasteiger partial charge in [0.1, 0.15) is 0 Å². The van der Waals surface area contributed by atoms with Crippen molar-refractivity contribution < 1.29 is 4.52 Å². The molecule has 0 bridgehead atoms. The highest BCUT2D eigenvalue weighted by Gasteiger charge is 2.15. The average molecular weight is 213 g/mol. The van der Waals surface area contributed by atoms with Crippen LogP contribution in [-0.4, -0.2) is 4.74 Å². The van der Waals surface area contributed by atoms with Crippen molar-refractivity contribution in [2.75, 3.05) is 0 Å². The Kier molecular flexibility index (Phi) is 2.65. The van der Waals surface area contributed by atoms with Gasteiger partial charge in [0.05, 0.1) is 5.56 Å². The van der Waals surface area contributed by atoms with E-state index in [1.165, 1.54) is 4.74 Å². The molecule has 2 aromatic rings. The van der Waals surface area contributed by atoms with Crippen LogP contribution in [0.25, 0.3) is 11.3 Å². The first kappa shape index (κ1) is 10.3. The van der Waals surface area contributed by atoms with Crippen molar-refractivity contribution >= 4 is 0 Å². The van der Waals surface area contributed by atoms with E-state index in [0.717, 1.165) is 5.56 Å². The van der Waals surface area contributed by atoms with Gasteiger partial charge in [-0.3, -0.25) is 4.79 Å². The Hall–Kier alpha value is -2.21. The van der Waals surface area contributed by atoms with Crippen LogP contribution in [-0.2, 0) is 13.5 Å². The summed E-state index contributed by atoms with van der Waals surface area (Å²) in [6.07, 6.45) is 5.53. The van der Waals surface area contributed by atoms with E-state index in [0.29, 0.717) is 11.3 Å². The molecule has 3 heteroatoms. The lowest BCUT2D eigenvalue weighted by Gasteiger charge is -1.96. The highest BCUT2D eigenvalue weighted by molar-refractivity contribution is 5.61. The summed E-state index contributed by atoms with van der Waals surface area (Å²) in [7, 11) is 1.58. The third-order valence-electron chi connectivity index (χ3n) is 2.36. The summed E-state index contributed by atoms with van der Waals surface area (Å²) in [4.78, 5) is 11.7. The average Bonchev–Trinajstić information content (AvgIpc) is 2.59. The molecule has 1 aromatic carbocycles. The molecule has 0 fully saturated rings. The van der Waals surface area contributed by atoms with Crippen molar-refractivity contribution in [2.45, 2.75) is 6.42 Å². The molecule has 80 valence electrons. The largest absolute Gasteiger partial charge is 0.376 e. The normalized spacial score (nSPS) is 10.0. The molecule has 0 spiro atoms. The lowest BCUT2D eigenvalue weighted by molar-refractivity contribution is 0.307. The van der Waals surface area contributed by atoms with Crippen molar-refractivity contribution in [1.29, 1.82) is 0 Å². The van der Waals surface area contributed by atoms with E-state index in [9.17, 15) is 4.79 Å². The predicted molar refractivity (Wildman–Crippen MR) is 61.9 cm³/mol. The van der Waals surface area contributed by atoms with Crippen LogP contribution in [0.3, 0.4) is 0 Å². The fourth-order valence-corrected chi connectivity index (χ4v) is 1.60. The second-order valence-corrected chi connectivity index (χ2v) is 3.45. The fourth-order valence-electron chi connectivity index (χ4n) is 1.60. The number of hydrogen-bond acceptors (Lipinski definition) is 2. The molecular weight excluding hydrogens is 202 g/mol. The number of nitrogens with zero attached hydrogens (tertiary/aromatic N) is 1. The lowest BCUT2D eigenvalue weighted by Crippen LogP contribution is -2.13. The summed E-state index contributed by atoms with van der Waals surface area (Å²) >= 11 is 0. The van der Waals surface area contributed by atoms with Gasteiger partial charge in [0.15, 0.2) is 5.76 Å². The summed E-state index contributed by atoms with van der Waals surface area (Å²) in [5.41, 5.74) is 1.23. The summed E-state index contributed by atoms with van der Waals surface area (Å²) in [6, 6.07) is 9.46. The Bertz CT molecular complexity index is 585. The Morgan fingerprint density at radius 3 is 2.69 bits per heavy atom. The van der Waals surface area contributed by atoms with Crippen molar-refractivity contribution in [2.24, 2.45) is 7.05 Å². The van der Waals surface area contributed by atoms with E-state index < -0.39 is 0 Å². The molecule has 16 heavy (non-hydrogen) atoms. The van der Waals surface area contributed by atoms with Gasteiger partial charge >= 0.3 is 0 Å². The maximum absolute atomic E-state index is 11.7. The monoisotopic (exact) mass is 213 g/mol. The van der Waals surface area contributed by atoms with Crippen molar-refractivity contribution in [1.82, 2.24) is 4.74 Å². The number of benzene rings is 1. The van der Waals surface area contributed by atoms with E-state index in [-0.39, 0.29) is 12.0 Å². The SMILES string of the molecule is C#CCc1c(-c2ccccc2)on(C)c1=O. The topological polar surface area (TPSA) is 35.1 Å². The third-order valence-corrected chi connectivity index (χ3v) is 2.36. The third kappa shape index (κ3) is 1.66. The molecule has 3 nitrogen and oxygen atoms in total. The molecule has 0 amide bonds. The van der Waals surface area contributed by atoms with Gasteiger partial charge in [-0.15, -0.1) is 12.3 Å². The zero-order chi connectivity index (χ0) is 11.5. The highest BCUT2D eigenvalue weighted by atomic mass is 16.5. The maximum Gasteiger partial charge on any atom is 0.286 e. The molecule has 0 aliphatic rings. The van der Waals surface area contributed by atoms with Crippen LogP contribution >= 0.6 is 0 Å².